The van der Waals surface area contributed by atoms with Crippen LogP contribution in [0.5, 0.6) is 5.75 Å². The Morgan fingerprint density at radius 2 is 2.12 bits per heavy atom. The average Bonchev–Trinajstić information content (AvgIpc) is 2.96. The number of carbonyl (C=O) groups excluding carboxylic acids is 3. The van der Waals surface area contributed by atoms with Gasteiger partial charge in [0.05, 0.1) is 37.8 Å². The van der Waals surface area contributed by atoms with Crippen LogP contribution in [0.3, 0.4) is 0 Å². The molecule has 2 heterocycles. The fraction of sp³-hybridized carbons (Fsp3) is 0.526. The molecule has 7 heteroatoms. The first-order chi connectivity index (χ1) is 12.5. The third-order valence-corrected chi connectivity index (χ3v) is 4.95. The van der Waals surface area contributed by atoms with Crippen LogP contribution in [0, 0.1) is 5.92 Å². The molecule has 0 saturated carbocycles. The molecule has 2 saturated heterocycles. The van der Waals surface area contributed by atoms with Crippen molar-refractivity contribution in [2.45, 2.75) is 32.2 Å². The van der Waals surface area contributed by atoms with Gasteiger partial charge in [0, 0.05) is 12.6 Å². The number of rotatable bonds is 5. The fourth-order valence-electron chi connectivity index (χ4n) is 3.66. The zero-order valence-electron chi connectivity index (χ0n) is 15.1. The standard InChI is InChI=1S/C19H24N2O5/c1-3-26-19(24)13-6-5-9-20(12-13)16-11-17(22)21(18(16)23)14-7-4-8-15(10-14)25-2/h4,7-8,10,13,16H,3,5-6,9,11-12H2,1-2H3/t13-,16+/m0/s1. The largest absolute Gasteiger partial charge is 0.497 e. The van der Waals surface area contributed by atoms with Gasteiger partial charge in [0.15, 0.2) is 0 Å². The van der Waals surface area contributed by atoms with Crippen molar-refractivity contribution in [3.8, 4) is 5.75 Å². The number of carbonyl (C=O) groups is 3. The van der Waals surface area contributed by atoms with Gasteiger partial charge in [-0.3, -0.25) is 19.3 Å². The molecule has 2 aliphatic heterocycles. The smallest absolute Gasteiger partial charge is 0.310 e. The molecule has 3 rings (SSSR count). The minimum absolute atomic E-state index is 0.131. The minimum Gasteiger partial charge on any atom is -0.497 e. The summed E-state index contributed by atoms with van der Waals surface area (Å²) in [5, 5.41) is 0. The first kappa shape index (κ1) is 18.4. The number of ether oxygens (including phenoxy) is 2. The maximum atomic E-state index is 12.9. The number of anilines is 1. The number of hydrogen-bond donors (Lipinski definition) is 0. The molecule has 1 aromatic carbocycles. The quantitative estimate of drug-likeness (QED) is 0.586. The van der Waals surface area contributed by atoms with Crippen LogP contribution in [0.15, 0.2) is 24.3 Å². The second-order valence-corrected chi connectivity index (χ2v) is 6.57. The number of piperidine rings is 1. The summed E-state index contributed by atoms with van der Waals surface area (Å²) < 4.78 is 10.3. The number of likely N-dealkylation sites (tertiary alicyclic amines) is 1. The van der Waals surface area contributed by atoms with Crippen LogP contribution in [0.25, 0.3) is 0 Å². The molecule has 0 aromatic heterocycles. The summed E-state index contributed by atoms with van der Waals surface area (Å²) in [6.07, 6.45) is 1.69. The zero-order valence-corrected chi connectivity index (χ0v) is 15.1. The maximum absolute atomic E-state index is 12.9. The van der Waals surface area contributed by atoms with E-state index in [4.69, 9.17) is 9.47 Å². The molecule has 1 aromatic rings. The molecule has 140 valence electrons. The van der Waals surface area contributed by atoms with Gasteiger partial charge in [-0.1, -0.05) is 6.07 Å². The molecule has 0 N–H and O–H groups in total. The van der Waals surface area contributed by atoms with E-state index in [0.717, 1.165) is 12.8 Å². The maximum Gasteiger partial charge on any atom is 0.310 e. The molecule has 2 fully saturated rings. The van der Waals surface area contributed by atoms with Gasteiger partial charge in [-0.05, 0) is 38.4 Å². The van der Waals surface area contributed by atoms with Crippen LogP contribution in [0.1, 0.15) is 26.2 Å². The van der Waals surface area contributed by atoms with Gasteiger partial charge in [0.2, 0.25) is 5.91 Å². The van der Waals surface area contributed by atoms with Gasteiger partial charge < -0.3 is 9.47 Å². The highest BCUT2D eigenvalue weighted by Crippen LogP contribution is 2.30. The minimum atomic E-state index is -0.522. The SMILES string of the molecule is CCOC(=O)[C@H]1CCCN([C@@H]2CC(=O)N(c3cccc(OC)c3)C2=O)C1. The Labute approximate surface area is 152 Å². The molecule has 0 bridgehead atoms. The molecular formula is C19H24N2O5. The number of hydrogen-bond acceptors (Lipinski definition) is 6. The Balaban J connectivity index is 1.74. The first-order valence-corrected chi connectivity index (χ1v) is 8.96. The number of nitrogens with zero attached hydrogens (tertiary/aromatic N) is 2. The third kappa shape index (κ3) is 3.58. The van der Waals surface area contributed by atoms with Crippen molar-refractivity contribution >= 4 is 23.5 Å². The van der Waals surface area contributed by atoms with E-state index in [9.17, 15) is 14.4 Å². The van der Waals surface area contributed by atoms with Crippen LogP contribution in [-0.4, -0.2) is 55.5 Å². The molecule has 7 nitrogen and oxygen atoms in total. The normalized spacial score (nSPS) is 24.0. The van der Waals surface area contributed by atoms with E-state index in [1.807, 2.05) is 4.90 Å². The summed E-state index contributed by atoms with van der Waals surface area (Å²) in [7, 11) is 1.54. The molecule has 0 radical (unpaired) electrons. The van der Waals surface area contributed by atoms with Gasteiger partial charge in [0.25, 0.3) is 5.91 Å². The van der Waals surface area contributed by atoms with E-state index < -0.39 is 6.04 Å². The van der Waals surface area contributed by atoms with Crippen molar-refractivity contribution < 1.29 is 23.9 Å². The molecule has 0 aliphatic carbocycles. The van der Waals surface area contributed by atoms with Crippen LogP contribution in [0.4, 0.5) is 5.69 Å². The Hall–Kier alpha value is -2.41. The number of esters is 1. The highest BCUT2D eigenvalue weighted by Gasteiger charge is 2.44. The zero-order chi connectivity index (χ0) is 18.7. The molecule has 2 amide bonds. The monoisotopic (exact) mass is 360 g/mol. The number of amides is 2. The molecule has 2 atom stereocenters. The van der Waals surface area contributed by atoms with Crippen molar-refractivity contribution in [1.82, 2.24) is 4.90 Å². The van der Waals surface area contributed by atoms with Gasteiger partial charge >= 0.3 is 5.97 Å². The number of benzene rings is 1. The van der Waals surface area contributed by atoms with E-state index in [1.165, 1.54) is 4.90 Å². The van der Waals surface area contributed by atoms with Gasteiger partial charge in [-0.2, -0.15) is 0 Å². The summed E-state index contributed by atoms with van der Waals surface area (Å²) >= 11 is 0. The lowest BCUT2D eigenvalue weighted by Crippen LogP contribution is -2.48. The second-order valence-electron chi connectivity index (χ2n) is 6.57. The summed E-state index contributed by atoms with van der Waals surface area (Å²) in [5.74, 6) is -0.345. The van der Waals surface area contributed by atoms with Crippen molar-refractivity contribution in [1.29, 1.82) is 0 Å². The van der Waals surface area contributed by atoms with Crippen LogP contribution >= 0.6 is 0 Å². The van der Waals surface area contributed by atoms with Gasteiger partial charge in [0.1, 0.15) is 5.75 Å². The third-order valence-electron chi connectivity index (χ3n) is 4.95. The van der Waals surface area contributed by atoms with E-state index in [-0.39, 0.29) is 30.1 Å². The fourth-order valence-corrected chi connectivity index (χ4v) is 3.66. The lowest BCUT2D eigenvalue weighted by atomic mass is 9.96. The van der Waals surface area contributed by atoms with Crippen molar-refractivity contribution in [3.05, 3.63) is 24.3 Å². The highest BCUT2D eigenvalue weighted by atomic mass is 16.5. The molecule has 0 spiro atoms. The van der Waals surface area contributed by atoms with Crippen molar-refractivity contribution in [2.24, 2.45) is 5.92 Å². The van der Waals surface area contributed by atoms with E-state index >= 15 is 0 Å². The van der Waals surface area contributed by atoms with Crippen molar-refractivity contribution in [2.75, 3.05) is 31.7 Å². The highest BCUT2D eigenvalue weighted by molar-refractivity contribution is 6.22. The van der Waals surface area contributed by atoms with Crippen LogP contribution in [-0.2, 0) is 19.1 Å². The Morgan fingerprint density at radius 1 is 1.31 bits per heavy atom. The lowest BCUT2D eigenvalue weighted by Gasteiger charge is -2.34. The van der Waals surface area contributed by atoms with E-state index in [2.05, 4.69) is 0 Å². The van der Waals surface area contributed by atoms with E-state index in [0.29, 0.717) is 31.1 Å². The Kier molecular flexibility index (Phi) is 5.56. The van der Waals surface area contributed by atoms with Crippen LogP contribution < -0.4 is 9.64 Å². The molecule has 0 unspecified atom stereocenters. The predicted molar refractivity (Wildman–Crippen MR) is 94.8 cm³/mol. The first-order valence-electron chi connectivity index (χ1n) is 8.96. The molecule has 26 heavy (non-hydrogen) atoms. The number of imide groups is 1. The summed E-state index contributed by atoms with van der Waals surface area (Å²) in [5.41, 5.74) is 0.515. The lowest BCUT2D eigenvalue weighted by molar-refractivity contribution is -0.150. The predicted octanol–water partition coefficient (Wildman–Crippen LogP) is 1.60. The Morgan fingerprint density at radius 3 is 2.85 bits per heavy atom. The van der Waals surface area contributed by atoms with Crippen molar-refractivity contribution in [3.63, 3.8) is 0 Å². The topological polar surface area (TPSA) is 76.2 Å². The Bertz CT molecular complexity index is 705. The average molecular weight is 360 g/mol. The van der Waals surface area contributed by atoms with Crippen LogP contribution in [0.2, 0.25) is 0 Å². The summed E-state index contributed by atoms with van der Waals surface area (Å²) in [4.78, 5) is 40.6. The van der Waals surface area contributed by atoms with Gasteiger partial charge in [-0.25, -0.2) is 4.90 Å². The molecular weight excluding hydrogens is 336 g/mol. The summed E-state index contributed by atoms with van der Waals surface area (Å²) in [6, 6.07) is 6.39. The number of methoxy groups -OCH3 is 1. The van der Waals surface area contributed by atoms with Gasteiger partial charge in [-0.15, -0.1) is 0 Å². The summed E-state index contributed by atoms with van der Waals surface area (Å²) in [6.45, 7) is 3.28. The second kappa shape index (κ2) is 7.86. The van der Waals surface area contributed by atoms with E-state index in [1.54, 1.807) is 38.3 Å². The molecule has 2 aliphatic rings.